The first-order chi connectivity index (χ1) is 8.29. The fourth-order valence-electron chi connectivity index (χ4n) is 1.51. The predicted molar refractivity (Wildman–Crippen MR) is 67.6 cm³/mol. The van der Waals surface area contributed by atoms with Crippen molar-refractivity contribution < 1.29 is 8.81 Å². The van der Waals surface area contributed by atoms with Crippen LogP contribution in [0.2, 0.25) is 0 Å². The van der Waals surface area contributed by atoms with Gasteiger partial charge in [0.1, 0.15) is 11.6 Å². The molecule has 0 amide bonds. The predicted octanol–water partition coefficient (Wildman–Crippen LogP) is 3.47. The summed E-state index contributed by atoms with van der Waals surface area (Å²) in [6, 6.07) is 10.5. The molecule has 0 spiro atoms. The first-order valence-corrected chi connectivity index (χ1v) is 6.37. The Labute approximate surface area is 104 Å². The Kier molecular flexibility index (Phi) is 4.23. The van der Waals surface area contributed by atoms with E-state index in [2.05, 4.69) is 5.32 Å². The maximum Gasteiger partial charge on any atom is 0.123 e. The van der Waals surface area contributed by atoms with Gasteiger partial charge in [0.25, 0.3) is 0 Å². The molecule has 2 rings (SSSR count). The van der Waals surface area contributed by atoms with Crippen molar-refractivity contribution in [1.29, 1.82) is 0 Å². The Morgan fingerprint density at radius 1 is 1.29 bits per heavy atom. The highest BCUT2D eigenvalue weighted by Crippen LogP contribution is 2.24. The van der Waals surface area contributed by atoms with E-state index in [1.54, 1.807) is 30.2 Å². The Hall–Kier alpha value is -1.26. The third kappa shape index (κ3) is 3.35. The third-order valence-corrected chi connectivity index (χ3v) is 3.57. The quantitative estimate of drug-likeness (QED) is 0.824. The summed E-state index contributed by atoms with van der Waals surface area (Å²) >= 11 is 1.67. The molecule has 17 heavy (non-hydrogen) atoms. The zero-order chi connectivity index (χ0) is 12.1. The molecule has 0 saturated heterocycles. The molecule has 1 heterocycles. The van der Waals surface area contributed by atoms with E-state index in [1.807, 2.05) is 19.2 Å². The highest BCUT2D eigenvalue weighted by atomic mass is 32.2. The summed E-state index contributed by atoms with van der Waals surface area (Å²) in [5, 5.41) is 3.20. The van der Waals surface area contributed by atoms with Crippen molar-refractivity contribution >= 4 is 11.8 Å². The molecule has 1 unspecified atom stereocenters. The molecule has 1 atom stereocenters. The van der Waals surface area contributed by atoms with Gasteiger partial charge < -0.3 is 9.73 Å². The molecule has 1 aromatic carbocycles. The molecular weight excluding hydrogens is 237 g/mol. The normalized spacial score (nSPS) is 12.6. The maximum absolute atomic E-state index is 12.7. The first kappa shape index (κ1) is 12.2. The highest BCUT2D eigenvalue weighted by Gasteiger charge is 2.12. The Morgan fingerprint density at radius 3 is 2.65 bits per heavy atom. The van der Waals surface area contributed by atoms with E-state index in [0.717, 1.165) is 16.4 Å². The van der Waals surface area contributed by atoms with Crippen molar-refractivity contribution in [2.45, 2.75) is 10.9 Å². The third-order valence-electron chi connectivity index (χ3n) is 2.47. The lowest BCUT2D eigenvalue weighted by molar-refractivity contribution is 0.453. The van der Waals surface area contributed by atoms with Crippen LogP contribution in [-0.4, -0.2) is 12.8 Å². The van der Waals surface area contributed by atoms with Gasteiger partial charge in [-0.15, -0.1) is 11.8 Å². The molecule has 0 bridgehead atoms. The zero-order valence-corrected chi connectivity index (χ0v) is 10.3. The van der Waals surface area contributed by atoms with Crippen LogP contribution in [0.1, 0.15) is 11.8 Å². The minimum absolute atomic E-state index is 0.167. The summed E-state index contributed by atoms with van der Waals surface area (Å²) in [6.45, 7) is 0. The average molecular weight is 251 g/mol. The number of hydrogen-bond acceptors (Lipinski definition) is 3. The number of halogens is 1. The van der Waals surface area contributed by atoms with Crippen LogP contribution in [0.4, 0.5) is 4.39 Å². The second-order valence-electron chi connectivity index (χ2n) is 3.62. The Balaban J connectivity index is 1.94. The fraction of sp³-hybridized carbons (Fsp3) is 0.231. The maximum atomic E-state index is 12.7. The summed E-state index contributed by atoms with van der Waals surface area (Å²) in [7, 11) is 1.90. The molecule has 0 aliphatic rings. The minimum atomic E-state index is -0.203. The van der Waals surface area contributed by atoms with E-state index in [1.165, 1.54) is 12.1 Å². The van der Waals surface area contributed by atoms with Gasteiger partial charge in [-0.1, -0.05) is 0 Å². The molecule has 0 aliphatic heterocycles. The zero-order valence-electron chi connectivity index (χ0n) is 9.52. The van der Waals surface area contributed by atoms with Gasteiger partial charge >= 0.3 is 0 Å². The second kappa shape index (κ2) is 5.89. The van der Waals surface area contributed by atoms with Crippen LogP contribution >= 0.6 is 11.8 Å². The van der Waals surface area contributed by atoms with Crippen LogP contribution in [0.25, 0.3) is 0 Å². The molecule has 0 fully saturated rings. The molecule has 4 heteroatoms. The summed E-state index contributed by atoms with van der Waals surface area (Å²) < 4.78 is 18.1. The van der Waals surface area contributed by atoms with Gasteiger partial charge in [-0.05, 0) is 43.4 Å². The first-order valence-electron chi connectivity index (χ1n) is 5.38. The lowest BCUT2D eigenvalue weighted by Crippen LogP contribution is -2.17. The topological polar surface area (TPSA) is 25.2 Å². The minimum Gasteiger partial charge on any atom is -0.468 e. The van der Waals surface area contributed by atoms with Crippen LogP contribution in [0, 0.1) is 5.82 Å². The molecular formula is C13H14FNOS. The smallest absolute Gasteiger partial charge is 0.123 e. The van der Waals surface area contributed by atoms with Gasteiger partial charge in [0.2, 0.25) is 0 Å². The van der Waals surface area contributed by atoms with Crippen molar-refractivity contribution in [3.05, 3.63) is 54.2 Å². The number of nitrogens with one attached hydrogen (secondary N) is 1. The molecule has 90 valence electrons. The van der Waals surface area contributed by atoms with E-state index in [-0.39, 0.29) is 11.9 Å². The van der Waals surface area contributed by atoms with E-state index in [4.69, 9.17) is 4.42 Å². The van der Waals surface area contributed by atoms with Gasteiger partial charge in [-0.25, -0.2) is 4.39 Å². The summed E-state index contributed by atoms with van der Waals surface area (Å²) in [5.74, 6) is 1.56. The summed E-state index contributed by atoms with van der Waals surface area (Å²) in [5.41, 5.74) is 0. The van der Waals surface area contributed by atoms with E-state index in [0.29, 0.717) is 0 Å². The lowest BCUT2D eigenvalue weighted by atomic mass is 10.2. The number of rotatable bonds is 5. The highest BCUT2D eigenvalue weighted by molar-refractivity contribution is 7.99. The van der Waals surface area contributed by atoms with Crippen molar-refractivity contribution in [2.75, 3.05) is 12.8 Å². The van der Waals surface area contributed by atoms with Crippen LogP contribution < -0.4 is 5.32 Å². The number of furan rings is 1. The average Bonchev–Trinajstić information content (AvgIpc) is 2.86. The molecule has 0 saturated carbocycles. The molecule has 2 nitrogen and oxygen atoms in total. The van der Waals surface area contributed by atoms with Crippen molar-refractivity contribution in [3.63, 3.8) is 0 Å². The molecule has 0 radical (unpaired) electrons. The fourth-order valence-corrected chi connectivity index (χ4v) is 2.53. The Bertz CT molecular complexity index is 441. The van der Waals surface area contributed by atoms with E-state index in [9.17, 15) is 4.39 Å². The van der Waals surface area contributed by atoms with E-state index >= 15 is 0 Å². The lowest BCUT2D eigenvalue weighted by Gasteiger charge is -2.12. The number of hydrogen-bond donors (Lipinski definition) is 1. The van der Waals surface area contributed by atoms with Crippen LogP contribution in [0.15, 0.2) is 52.0 Å². The molecule has 0 aliphatic carbocycles. The number of thioether (sulfide) groups is 1. The van der Waals surface area contributed by atoms with Gasteiger partial charge in [0.15, 0.2) is 0 Å². The Morgan fingerprint density at radius 2 is 2.06 bits per heavy atom. The number of benzene rings is 1. The standard InChI is InChI=1S/C13H14FNOS/c1-15-12(13-3-2-8-16-13)9-17-11-6-4-10(14)5-7-11/h2-8,12,15H,9H2,1H3. The largest absolute Gasteiger partial charge is 0.468 e. The molecule has 2 aromatic rings. The summed E-state index contributed by atoms with van der Waals surface area (Å²) in [6.07, 6.45) is 1.67. The SMILES string of the molecule is CNC(CSc1ccc(F)cc1)c1ccco1. The van der Waals surface area contributed by atoms with Crippen LogP contribution in [0.5, 0.6) is 0 Å². The van der Waals surface area contributed by atoms with Crippen LogP contribution in [0.3, 0.4) is 0 Å². The van der Waals surface area contributed by atoms with Crippen molar-refractivity contribution in [2.24, 2.45) is 0 Å². The van der Waals surface area contributed by atoms with E-state index < -0.39 is 0 Å². The van der Waals surface area contributed by atoms with Gasteiger partial charge in [0.05, 0.1) is 12.3 Å². The van der Waals surface area contributed by atoms with Gasteiger partial charge in [-0.3, -0.25) is 0 Å². The second-order valence-corrected chi connectivity index (χ2v) is 4.72. The summed E-state index contributed by atoms with van der Waals surface area (Å²) in [4.78, 5) is 1.05. The molecule has 1 N–H and O–H groups in total. The van der Waals surface area contributed by atoms with Crippen molar-refractivity contribution in [3.8, 4) is 0 Å². The van der Waals surface area contributed by atoms with Gasteiger partial charge in [0, 0.05) is 10.6 Å². The van der Waals surface area contributed by atoms with Crippen LogP contribution in [-0.2, 0) is 0 Å². The molecule has 1 aromatic heterocycles. The van der Waals surface area contributed by atoms with Gasteiger partial charge in [-0.2, -0.15) is 0 Å². The monoisotopic (exact) mass is 251 g/mol. The van der Waals surface area contributed by atoms with Crippen molar-refractivity contribution in [1.82, 2.24) is 5.32 Å².